The molecule has 0 aliphatic rings. The maximum Gasteiger partial charge on any atom is 0.348 e. The van der Waals surface area contributed by atoms with Crippen molar-refractivity contribution in [3.63, 3.8) is 0 Å². The number of phenols is 1. The van der Waals surface area contributed by atoms with Gasteiger partial charge in [-0.2, -0.15) is 0 Å². The van der Waals surface area contributed by atoms with Crippen LogP contribution in [-0.4, -0.2) is 38.8 Å². The number of aryl methyl sites for hydroxylation is 2. The third-order valence-corrected chi connectivity index (χ3v) is 5.60. The van der Waals surface area contributed by atoms with Gasteiger partial charge in [-0.3, -0.25) is 0 Å². The van der Waals surface area contributed by atoms with Gasteiger partial charge in [-0.15, -0.1) is 11.3 Å². The molecule has 28 heavy (non-hydrogen) atoms. The number of ether oxygens (including phenoxy) is 1. The summed E-state index contributed by atoms with van der Waals surface area (Å²) in [5.74, 6) is 0.906. The highest BCUT2D eigenvalue weighted by molar-refractivity contribution is 7.20. The first-order valence-corrected chi connectivity index (χ1v) is 9.81. The second-order valence-electron chi connectivity index (χ2n) is 6.55. The van der Waals surface area contributed by atoms with E-state index in [1.807, 2.05) is 13.8 Å². The number of hydrogen-bond acceptors (Lipinski definition) is 8. The van der Waals surface area contributed by atoms with E-state index in [0.717, 1.165) is 10.9 Å². The van der Waals surface area contributed by atoms with Crippen molar-refractivity contribution in [2.45, 2.75) is 39.8 Å². The summed E-state index contributed by atoms with van der Waals surface area (Å²) in [4.78, 5) is 22.4. The Morgan fingerprint density at radius 1 is 1.25 bits per heavy atom. The number of thiophene rings is 1. The van der Waals surface area contributed by atoms with Crippen LogP contribution in [-0.2, 0) is 4.74 Å². The van der Waals surface area contributed by atoms with Crippen molar-refractivity contribution in [3.05, 3.63) is 46.1 Å². The summed E-state index contributed by atoms with van der Waals surface area (Å²) in [5.41, 5.74) is 1.43. The quantitative estimate of drug-likeness (QED) is 0.541. The fourth-order valence-corrected chi connectivity index (χ4v) is 4.12. The summed E-state index contributed by atoms with van der Waals surface area (Å²) in [5, 5.41) is 24.1. The molecule has 3 N–H and O–H groups in total. The van der Waals surface area contributed by atoms with Crippen molar-refractivity contribution >= 4 is 33.3 Å². The van der Waals surface area contributed by atoms with Crippen LogP contribution in [0.4, 0.5) is 5.82 Å². The number of hydrogen-bond donors (Lipinski definition) is 3. The third-order valence-electron chi connectivity index (χ3n) is 4.44. The minimum Gasteiger partial charge on any atom is -0.508 e. The van der Waals surface area contributed by atoms with Gasteiger partial charge in [0.15, 0.2) is 0 Å². The molecule has 0 aliphatic heterocycles. The number of esters is 1. The Morgan fingerprint density at radius 3 is 2.57 bits per heavy atom. The zero-order chi connectivity index (χ0) is 20.4. The van der Waals surface area contributed by atoms with E-state index in [4.69, 9.17) is 4.74 Å². The molecule has 2 aromatic heterocycles. The average Bonchev–Trinajstić information content (AvgIpc) is 2.98. The van der Waals surface area contributed by atoms with Crippen molar-refractivity contribution in [1.29, 1.82) is 0 Å². The fraction of sp³-hybridized carbons (Fsp3) is 0.350. The topological polar surface area (TPSA) is 105 Å². The summed E-state index contributed by atoms with van der Waals surface area (Å²) >= 11 is 1.28. The van der Waals surface area contributed by atoms with E-state index in [-0.39, 0.29) is 17.8 Å². The van der Waals surface area contributed by atoms with E-state index in [1.165, 1.54) is 23.5 Å². The Labute approximate surface area is 167 Å². The number of benzene rings is 1. The number of anilines is 1. The molecule has 7 nitrogen and oxygen atoms in total. The second kappa shape index (κ2) is 8.12. The van der Waals surface area contributed by atoms with Gasteiger partial charge in [0.05, 0.1) is 24.1 Å². The van der Waals surface area contributed by atoms with Crippen molar-refractivity contribution in [2.75, 3.05) is 11.9 Å². The number of aliphatic hydroxyl groups excluding tert-OH is 1. The van der Waals surface area contributed by atoms with Gasteiger partial charge >= 0.3 is 5.97 Å². The van der Waals surface area contributed by atoms with E-state index in [2.05, 4.69) is 15.3 Å². The van der Waals surface area contributed by atoms with E-state index in [1.54, 1.807) is 26.0 Å². The predicted octanol–water partition coefficient (Wildman–Crippen LogP) is 3.72. The molecular weight excluding hydrogens is 378 g/mol. The molecule has 148 valence electrons. The number of aromatic nitrogens is 2. The second-order valence-corrected chi connectivity index (χ2v) is 7.54. The first-order valence-electron chi connectivity index (χ1n) is 9.00. The van der Waals surface area contributed by atoms with E-state index in [9.17, 15) is 15.0 Å². The largest absolute Gasteiger partial charge is 0.508 e. The smallest absolute Gasteiger partial charge is 0.348 e. The molecule has 0 radical (unpaired) electrons. The lowest BCUT2D eigenvalue weighted by Gasteiger charge is -2.22. The van der Waals surface area contributed by atoms with Crippen LogP contribution in [0.1, 0.15) is 46.6 Å². The normalized spacial score (nSPS) is 13.3. The molecule has 8 heteroatoms. The Balaban J connectivity index is 1.95. The molecule has 0 fully saturated rings. The van der Waals surface area contributed by atoms with Gasteiger partial charge in [0.25, 0.3) is 0 Å². The molecule has 0 saturated heterocycles. The first kappa shape index (κ1) is 20.0. The van der Waals surface area contributed by atoms with Gasteiger partial charge < -0.3 is 20.3 Å². The molecule has 1 aromatic carbocycles. The minimum atomic E-state index is -0.811. The van der Waals surface area contributed by atoms with Gasteiger partial charge in [-0.05, 0) is 51.0 Å². The van der Waals surface area contributed by atoms with Gasteiger partial charge in [-0.1, -0.05) is 12.1 Å². The minimum absolute atomic E-state index is 0.144. The number of aliphatic hydroxyl groups is 1. The molecule has 0 bridgehead atoms. The van der Waals surface area contributed by atoms with Crippen LogP contribution in [0.25, 0.3) is 10.2 Å². The highest BCUT2D eigenvalue weighted by atomic mass is 32.1. The van der Waals surface area contributed by atoms with Gasteiger partial charge in [-0.25, -0.2) is 14.8 Å². The predicted molar refractivity (Wildman–Crippen MR) is 109 cm³/mol. The number of fused-ring (bicyclic) bond motifs is 1. The van der Waals surface area contributed by atoms with Gasteiger partial charge in [0.2, 0.25) is 0 Å². The van der Waals surface area contributed by atoms with E-state index >= 15 is 0 Å². The Bertz CT molecular complexity index is 1000. The summed E-state index contributed by atoms with van der Waals surface area (Å²) in [7, 11) is 0. The standard InChI is InChI=1S/C20H23N3O4S/c1-5-27-20(26)17-10(2)15-18(22-12(4)23-19(15)28-17)21-11(3)16(25)13-6-8-14(24)9-7-13/h6-9,11,16,24-25H,5H2,1-4H3,(H,21,22,23). The summed E-state index contributed by atoms with van der Waals surface area (Å²) in [6.45, 7) is 7.54. The highest BCUT2D eigenvalue weighted by Crippen LogP contribution is 2.35. The van der Waals surface area contributed by atoms with Crippen LogP contribution in [0.5, 0.6) is 5.75 Å². The maximum atomic E-state index is 12.2. The molecule has 2 unspecified atom stereocenters. The van der Waals surface area contributed by atoms with Crippen LogP contribution in [0.2, 0.25) is 0 Å². The molecule has 0 aliphatic carbocycles. The zero-order valence-corrected chi connectivity index (χ0v) is 17.0. The van der Waals surface area contributed by atoms with Crippen LogP contribution in [0.15, 0.2) is 24.3 Å². The molecule has 0 saturated carbocycles. The third kappa shape index (κ3) is 3.93. The van der Waals surface area contributed by atoms with Crippen molar-refractivity contribution in [3.8, 4) is 5.75 Å². The highest BCUT2D eigenvalue weighted by Gasteiger charge is 2.23. The zero-order valence-electron chi connectivity index (χ0n) is 16.2. The fourth-order valence-electron chi connectivity index (χ4n) is 3.00. The number of nitrogens with zero attached hydrogens (tertiary/aromatic N) is 2. The summed E-state index contributed by atoms with van der Waals surface area (Å²) < 4.78 is 5.14. The van der Waals surface area contributed by atoms with E-state index < -0.39 is 6.10 Å². The van der Waals surface area contributed by atoms with Crippen LogP contribution in [0, 0.1) is 13.8 Å². The SMILES string of the molecule is CCOC(=O)c1sc2nc(C)nc(NC(C)C(O)c3ccc(O)cc3)c2c1C. The molecule has 2 atom stereocenters. The number of carbonyl (C=O) groups is 1. The summed E-state index contributed by atoms with van der Waals surface area (Å²) in [6, 6.07) is 6.05. The van der Waals surface area contributed by atoms with Crippen LogP contribution in [0.3, 0.4) is 0 Å². The Morgan fingerprint density at radius 2 is 1.93 bits per heavy atom. The molecule has 3 rings (SSSR count). The molecular formula is C20H23N3O4S. The number of rotatable bonds is 6. The average molecular weight is 401 g/mol. The molecule has 0 amide bonds. The molecule has 0 spiro atoms. The van der Waals surface area contributed by atoms with Crippen LogP contribution < -0.4 is 5.32 Å². The first-order chi connectivity index (χ1) is 13.3. The van der Waals surface area contributed by atoms with Crippen LogP contribution >= 0.6 is 11.3 Å². The van der Waals surface area contributed by atoms with Crippen molar-refractivity contribution in [2.24, 2.45) is 0 Å². The number of carbonyl (C=O) groups excluding carboxylic acids is 1. The number of aromatic hydroxyl groups is 1. The summed E-state index contributed by atoms with van der Waals surface area (Å²) in [6.07, 6.45) is -0.811. The lowest BCUT2D eigenvalue weighted by atomic mass is 10.0. The van der Waals surface area contributed by atoms with Crippen molar-refractivity contribution < 1.29 is 19.7 Å². The number of nitrogens with one attached hydrogen (secondary N) is 1. The van der Waals surface area contributed by atoms with Gasteiger partial charge in [0, 0.05) is 0 Å². The lowest BCUT2D eigenvalue weighted by molar-refractivity contribution is 0.0531. The van der Waals surface area contributed by atoms with Gasteiger partial charge in [0.1, 0.15) is 27.1 Å². The number of phenolic OH excluding ortho intramolecular Hbond substituents is 1. The monoisotopic (exact) mass is 401 g/mol. The Kier molecular flexibility index (Phi) is 5.81. The Hall–Kier alpha value is -2.71. The van der Waals surface area contributed by atoms with E-state index in [0.29, 0.717) is 33.5 Å². The lowest BCUT2D eigenvalue weighted by Crippen LogP contribution is -2.25. The maximum absolute atomic E-state index is 12.2. The molecule has 3 aromatic rings. The van der Waals surface area contributed by atoms with Crippen molar-refractivity contribution in [1.82, 2.24) is 9.97 Å². The molecule has 2 heterocycles.